The minimum Gasteiger partial charge on any atom is -0.311 e. The minimum absolute atomic E-state index is 0.000774. The third-order valence-electron chi connectivity index (χ3n) is 1.69. The lowest BCUT2D eigenvalue weighted by molar-refractivity contribution is -0.121. The Morgan fingerprint density at radius 1 is 1.58 bits per heavy atom. The molecular formula is C7H13N3OS. The first kappa shape index (κ1) is 9.51. The van der Waals surface area contributed by atoms with E-state index in [9.17, 15) is 4.79 Å². The summed E-state index contributed by atoms with van der Waals surface area (Å²) in [5, 5.41) is 10.4. The molecule has 12 heavy (non-hydrogen) atoms. The van der Waals surface area contributed by atoms with Crippen LogP contribution in [0.1, 0.15) is 26.2 Å². The Morgan fingerprint density at radius 3 is 2.67 bits per heavy atom. The smallest absolute Gasteiger partial charge is 0.264 e. The fourth-order valence-corrected chi connectivity index (χ4v) is 1.07. The number of hydrogen-bond donors (Lipinski definition) is 2. The predicted molar refractivity (Wildman–Crippen MR) is 49.1 cm³/mol. The Bertz CT molecular complexity index is 199. The Balaban J connectivity index is 2.25. The van der Waals surface area contributed by atoms with E-state index in [0.717, 1.165) is 18.6 Å². The zero-order valence-electron chi connectivity index (χ0n) is 7.08. The van der Waals surface area contributed by atoms with Gasteiger partial charge >= 0.3 is 0 Å². The van der Waals surface area contributed by atoms with Crippen LogP contribution in [0.2, 0.25) is 0 Å². The maximum absolute atomic E-state index is 11.0. The molecule has 1 amide bonds. The van der Waals surface area contributed by atoms with Crippen molar-refractivity contribution in [2.45, 2.75) is 32.0 Å². The van der Waals surface area contributed by atoms with Crippen LogP contribution in [0.5, 0.6) is 0 Å². The molecule has 1 rings (SSSR count). The van der Waals surface area contributed by atoms with E-state index in [4.69, 9.17) is 0 Å². The first-order valence-electron chi connectivity index (χ1n) is 4.08. The van der Waals surface area contributed by atoms with E-state index in [1.165, 1.54) is 0 Å². The fourth-order valence-electron chi connectivity index (χ4n) is 0.910. The van der Waals surface area contributed by atoms with Crippen LogP contribution in [-0.2, 0) is 4.79 Å². The average Bonchev–Trinajstić information content (AvgIpc) is 2.82. The molecule has 0 aromatic heterocycles. The first-order chi connectivity index (χ1) is 5.72. The molecule has 0 aliphatic carbocycles. The minimum atomic E-state index is -0.574. The quantitative estimate of drug-likeness (QED) is 0.627. The molecule has 0 aromatic carbocycles. The van der Waals surface area contributed by atoms with E-state index in [-0.39, 0.29) is 5.91 Å². The van der Waals surface area contributed by atoms with Gasteiger partial charge in [0.25, 0.3) is 5.79 Å². The lowest BCUT2D eigenvalue weighted by Gasteiger charge is -2.10. The van der Waals surface area contributed by atoms with Crippen LogP contribution in [-0.4, -0.2) is 17.4 Å². The summed E-state index contributed by atoms with van der Waals surface area (Å²) in [5.74, 6) is 0.226. The molecule has 0 aromatic rings. The summed E-state index contributed by atoms with van der Waals surface area (Å²) in [5.41, 5.74) is 0. The molecule has 0 radical (unpaired) electrons. The number of thiol groups is 1. The molecule has 0 saturated heterocycles. The van der Waals surface area contributed by atoms with Crippen LogP contribution in [0.3, 0.4) is 0 Å². The molecule has 5 heteroatoms. The highest BCUT2D eigenvalue weighted by atomic mass is 32.1. The van der Waals surface area contributed by atoms with Crippen molar-refractivity contribution in [1.82, 2.24) is 5.32 Å². The Hall–Kier alpha value is -0.580. The van der Waals surface area contributed by atoms with Crippen molar-refractivity contribution in [1.29, 1.82) is 0 Å². The monoisotopic (exact) mass is 187 g/mol. The zero-order valence-corrected chi connectivity index (χ0v) is 7.97. The molecule has 1 aliphatic heterocycles. The van der Waals surface area contributed by atoms with E-state index in [0.29, 0.717) is 6.42 Å². The lowest BCUT2D eigenvalue weighted by Crippen LogP contribution is -2.37. The largest absolute Gasteiger partial charge is 0.311 e. The van der Waals surface area contributed by atoms with Crippen molar-refractivity contribution < 1.29 is 4.79 Å². The number of rotatable bonds is 5. The summed E-state index contributed by atoms with van der Waals surface area (Å²) in [6.45, 7) is 1.81. The highest BCUT2D eigenvalue weighted by Crippen LogP contribution is 2.29. The van der Waals surface area contributed by atoms with Gasteiger partial charge in [0.05, 0.1) is 0 Å². The van der Waals surface area contributed by atoms with Crippen molar-refractivity contribution >= 4 is 18.5 Å². The highest BCUT2D eigenvalue weighted by Gasteiger charge is 2.40. The third-order valence-corrected chi connectivity index (χ3v) is 2.00. The molecule has 0 fully saturated rings. The topological polar surface area (TPSA) is 53.8 Å². The van der Waals surface area contributed by atoms with Gasteiger partial charge in [-0.3, -0.25) is 4.79 Å². The molecule has 68 valence electrons. The molecular weight excluding hydrogens is 174 g/mol. The third kappa shape index (κ3) is 2.48. The standard InChI is InChI=1S/C7H13N3OS/c1-2-6(11)8-7(9-10-7)4-3-5-12/h12H,2-5H2,1H3,(H,8,11). The fraction of sp³-hybridized carbons (Fsp3) is 0.857. The number of carbonyl (C=O) groups is 1. The van der Waals surface area contributed by atoms with Gasteiger partial charge in [0.15, 0.2) is 0 Å². The van der Waals surface area contributed by atoms with Crippen molar-refractivity contribution in [3.05, 3.63) is 0 Å². The summed E-state index contributed by atoms with van der Waals surface area (Å²) < 4.78 is 0. The van der Waals surface area contributed by atoms with Gasteiger partial charge in [0.2, 0.25) is 5.91 Å². The van der Waals surface area contributed by atoms with E-state index >= 15 is 0 Å². The molecule has 0 unspecified atom stereocenters. The molecule has 0 bridgehead atoms. The molecule has 1 heterocycles. The summed E-state index contributed by atoms with van der Waals surface area (Å²) in [6.07, 6.45) is 2.16. The van der Waals surface area contributed by atoms with Crippen LogP contribution in [0.15, 0.2) is 10.2 Å². The first-order valence-corrected chi connectivity index (χ1v) is 4.71. The van der Waals surface area contributed by atoms with Gasteiger partial charge in [0, 0.05) is 12.8 Å². The van der Waals surface area contributed by atoms with Crippen molar-refractivity contribution in [2.75, 3.05) is 5.75 Å². The molecule has 1 aliphatic rings. The highest BCUT2D eigenvalue weighted by molar-refractivity contribution is 7.80. The predicted octanol–water partition coefficient (Wildman–Crippen LogP) is 1.34. The maximum atomic E-state index is 11.0. The second-order valence-electron chi connectivity index (χ2n) is 2.75. The normalized spacial score (nSPS) is 17.5. The van der Waals surface area contributed by atoms with Crippen LogP contribution in [0.4, 0.5) is 0 Å². The number of amides is 1. The number of hydrogen-bond acceptors (Lipinski definition) is 4. The molecule has 0 saturated carbocycles. The second-order valence-corrected chi connectivity index (χ2v) is 3.19. The Labute approximate surface area is 77.2 Å². The van der Waals surface area contributed by atoms with E-state index in [2.05, 4.69) is 28.2 Å². The summed E-state index contributed by atoms with van der Waals surface area (Å²) in [4.78, 5) is 11.0. The SMILES string of the molecule is CCC(=O)NC1(CCCS)N=N1. The number of carbonyl (C=O) groups excluding carboxylic acids is 1. The van der Waals surface area contributed by atoms with Crippen molar-refractivity contribution in [3.63, 3.8) is 0 Å². The Morgan fingerprint density at radius 2 is 2.25 bits per heavy atom. The van der Waals surface area contributed by atoms with Gasteiger partial charge in [-0.05, 0) is 12.2 Å². The van der Waals surface area contributed by atoms with Gasteiger partial charge < -0.3 is 5.32 Å². The van der Waals surface area contributed by atoms with Crippen molar-refractivity contribution in [2.24, 2.45) is 10.2 Å². The molecule has 4 nitrogen and oxygen atoms in total. The number of nitrogens with zero attached hydrogens (tertiary/aromatic N) is 2. The van der Waals surface area contributed by atoms with Gasteiger partial charge in [-0.1, -0.05) is 6.92 Å². The van der Waals surface area contributed by atoms with Gasteiger partial charge in [-0.2, -0.15) is 12.6 Å². The average molecular weight is 187 g/mol. The van der Waals surface area contributed by atoms with Crippen LogP contribution < -0.4 is 5.32 Å². The lowest BCUT2D eigenvalue weighted by atomic mass is 10.2. The van der Waals surface area contributed by atoms with Gasteiger partial charge in [0.1, 0.15) is 0 Å². The summed E-state index contributed by atoms with van der Waals surface area (Å²) >= 11 is 4.08. The van der Waals surface area contributed by atoms with E-state index in [1.807, 2.05) is 6.92 Å². The molecule has 1 N–H and O–H groups in total. The van der Waals surface area contributed by atoms with E-state index < -0.39 is 5.79 Å². The summed E-state index contributed by atoms with van der Waals surface area (Å²) in [6, 6.07) is 0. The van der Waals surface area contributed by atoms with Crippen molar-refractivity contribution in [3.8, 4) is 0 Å². The molecule has 0 spiro atoms. The van der Waals surface area contributed by atoms with E-state index in [1.54, 1.807) is 0 Å². The van der Waals surface area contributed by atoms with Crippen LogP contribution in [0.25, 0.3) is 0 Å². The number of nitrogens with one attached hydrogen (secondary N) is 1. The Kier molecular flexibility index (Phi) is 3.08. The van der Waals surface area contributed by atoms with Crippen LogP contribution >= 0.6 is 12.6 Å². The van der Waals surface area contributed by atoms with Crippen LogP contribution in [0, 0.1) is 0 Å². The zero-order chi connectivity index (χ0) is 9.03. The van der Waals surface area contributed by atoms with Gasteiger partial charge in [-0.15, -0.1) is 10.2 Å². The maximum Gasteiger partial charge on any atom is 0.264 e. The summed E-state index contributed by atoms with van der Waals surface area (Å²) in [7, 11) is 0. The second kappa shape index (κ2) is 3.89. The van der Waals surface area contributed by atoms with Gasteiger partial charge in [-0.25, -0.2) is 0 Å². The molecule has 0 atom stereocenters.